The van der Waals surface area contributed by atoms with Crippen LogP contribution in [0.15, 0.2) is 109 Å². The van der Waals surface area contributed by atoms with Gasteiger partial charge in [0.05, 0.1) is 33.1 Å². The van der Waals surface area contributed by atoms with Gasteiger partial charge in [0, 0.05) is 22.1 Å². The lowest BCUT2D eigenvalue weighted by molar-refractivity contribution is 0.590. The van der Waals surface area contributed by atoms with Crippen LogP contribution in [0.2, 0.25) is 0 Å². The number of pyridine rings is 1. The number of benzene rings is 4. The van der Waals surface area contributed by atoms with Gasteiger partial charge in [0.25, 0.3) is 0 Å². The van der Waals surface area contributed by atoms with Crippen LogP contribution >= 0.6 is 0 Å². The van der Waals surface area contributed by atoms with E-state index in [4.69, 9.17) is 4.98 Å². The fraction of sp³-hybridized carbons (Fsp3) is 0.121. The first-order valence-corrected chi connectivity index (χ1v) is 12.5. The molecule has 0 spiro atoms. The van der Waals surface area contributed by atoms with Crippen molar-refractivity contribution in [2.75, 3.05) is 0 Å². The van der Waals surface area contributed by atoms with E-state index in [0.29, 0.717) is 0 Å². The van der Waals surface area contributed by atoms with Crippen molar-refractivity contribution < 1.29 is 0 Å². The second-order valence-electron chi connectivity index (χ2n) is 10.6. The highest BCUT2D eigenvalue weighted by Crippen LogP contribution is 2.37. The Balaban J connectivity index is 1.61. The molecule has 174 valence electrons. The highest BCUT2D eigenvalue weighted by molar-refractivity contribution is 6.15. The molecule has 0 radical (unpaired) electrons. The van der Waals surface area contributed by atoms with Crippen LogP contribution in [-0.2, 0) is 5.41 Å². The summed E-state index contributed by atoms with van der Waals surface area (Å²) in [5.74, 6) is 0. The first-order chi connectivity index (χ1) is 17.5. The molecule has 0 bridgehead atoms. The van der Waals surface area contributed by atoms with Crippen LogP contribution in [0.25, 0.3) is 55.2 Å². The van der Waals surface area contributed by atoms with E-state index < -0.39 is 0 Å². The average Bonchev–Trinajstić information content (AvgIpc) is 3.40. The largest absolute Gasteiger partial charge is 0.308 e. The standard InChI is InChI=1S/C33H27N3/c1-33(2,3)22-17-19-24(20-18-22)36-28-16-10-8-14-26(28)32-30(36)21-29-31(34-32)25-13-7-9-15-27(25)35(29)23-11-5-4-6-12-23/h4-21H,1-3H3. The van der Waals surface area contributed by atoms with E-state index in [1.807, 2.05) is 0 Å². The second kappa shape index (κ2) is 7.56. The molecule has 0 atom stereocenters. The van der Waals surface area contributed by atoms with E-state index in [-0.39, 0.29) is 5.41 Å². The molecule has 3 aromatic heterocycles. The molecule has 7 rings (SSSR count). The van der Waals surface area contributed by atoms with E-state index in [1.54, 1.807) is 0 Å². The van der Waals surface area contributed by atoms with Crippen molar-refractivity contribution in [3.63, 3.8) is 0 Å². The van der Waals surface area contributed by atoms with Gasteiger partial charge in [-0.05, 0) is 53.4 Å². The maximum absolute atomic E-state index is 5.34. The van der Waals surface area contributed by atoms with E-state index >= 15 is 0 Å². The zero-order valence-corrected chi connectivity index (χ0v) is 20.7. The minimum atomic E-state index is 0.115. The minimum Gasteiger partial charge on any atom is -0.308 e. The molecule has 0 saturated carbocycles. The molecule has 3 heterocycles. The van der Waals surface area contributed by atoms with Crippen molar-refractivity contribution >= 4 is 43.9 Å². The summed E-state index contributed by atoms with van der Waals surface area (Å²) in [6, 6.07) is 39.1. The number of rotatable bonds is 2. The molecule has 0 N–H and O–H groups in total. The van der Waals surface area contributed by atoms with Gasteiger partial charge in [-0.2, -0.15) is 0 Å². The zero-order chi connectivity index (χ0) is 24.4. The summed E-state index contributed by atoms with van der Waals surface area (Å²) in [7, 11) is 0. The average molecular weight is 466 g/mol. The van der Waals surface area contributed by atoms with E-state index in [0.717, 1.165) is 33.4 Å². The Morgan fingerprint density at radius 2 is 0.972 bits per heavy atom. The predicted octanol–water partition coefficient (Wildman–Crippen LogP) is 8.57. The number of hydrogen-bond acceptors (Lipinski definition) is 1. The molecule has 3 nitrogen and oxygen atoms in total. The summed E-state index contributed by atoms with van der Waals surface area (Å²) in [6.07, 6.45) is 0. The van der Waals surface area contributed by atoms with Gasteiger partial charge in [-0.3, -0.25) is 0 Å². The lowest BCUT2D eigenvalue weighted by Gasteiger charge is -2.19. The van der Waals surface area contributed by atoms with Crippen LogP contribution < -0.4 is 0 Å². The van der Waals surface area contributed by atoms with Crippen LogP contribution in [0.5, 0.6) is 0 Å². The maximum Gasteiger partial charge on any atom is 0.0972 e. The molecule has 0 saturated heterocycles. The van der Waals surface area contributed by atoms with Gasteiger partial charge in [0.15, 0.2) is 0 Å². The van der Waals surface area contributed by atoms with Crippen molar-refractivity contribution in [1.82, 2.24) is 14.1 Å². The molecule has 0 aliphatic rings. The van der Waals surface area contributed by atoms with Gasteiger partial charge in [-0.25, -0.2) is 4.98 Å². The van der Waals surface area contributed by atoms with Crippen molar-refractivity contribution in [2.45, 2.75) is 26.2 Å². The Morgan fingerprint density at radius 3 is 1.50 bits per heavy atom. The lowest BCUT2D eigenvalue weighted by Crippen LogP contribution is -2.10. The van der Waals surface area contributed by atoms with Gasteiger partial charge in [0.1, 0.15) is 0 Å². The quantitative estimate of drug-likeness (QED) is 0.251. The molecular formula is C33H27N3. The second-order valence-corrected chi connectivity index (χ2v) is 10.6. The molecule has 0 aliphatic heterocycles. The summed E-state index contributed by atoms with van der Waals surface area (Å²) in [5, 5.41) is 2.34. The lowest BCUT2D eigenvalue weighted by atomic mass is 9.87. The summed E-state index contributed by atoms with van der Waals surface area (Å²) < 4.78 is 4.69. The Labute approximate surface area is 210 Å². The monoisotopic (exact) mass is 465 g/mol. The van der Waals surface area contributed by atoms with Crippen LogP contribution in [0.4, 0.5) is 0 Å². The summed E-state index contributed by atoms with van der Waals surface area (Å²) in [4.78, 5) is 5.34. The molecule has 0 aliphatic carbocycles. The third kappa shape index (κ3) is 3.02. The van der Waals surface area contributed by atoms with Gasteiger partial charge in [-0.1, -0.05) is 87.5 Å². The molecule has 0 fully saturated rings. The fourth-order valence-corrected chi connectivity index (χ4v) is 5.47. The van der Waals surface area contributed by atoms with Crippen molar-refractivity contribution in [2.24, 2.45) is 0 Å². The maximum atomic E-state index is 5.34. The van der Waals surface area contributed by atoms with Crippen LogP contribution in [-0.4, -0.2) is 14.1 Å². The number of hydrogen-bond donors (Lipinski definition) is 0. The van der Waals surface area contributed by atoms with Gasteiger partial charge in [-0.15, -0.1) is 0 Å². The highest BCUT2D eigenvalue weighted by Gasteiger charge is 2.20. The third-order valence-corrected chi connectivity index (χ3v) is 7.27. The first kappa shape index (κ1) is 21.0. The third-order valence-electron chi connectivity index (χ3n) is 7.27. The first-order valence-electron chi connectivity index (χ1n) is 12.5. The summed E-state index contributed by atoms with van der Waals surface area (Å²) >= 11 is 0. The normalized spacial score (nSPS) is 12.3. The minimum absolute atomic E-state index is 0.115. The topological polar surface area (TPSA) is 22.8 Å². The smallest absolute Gasteiger partial charge is 0.0972 e. The van der Waals surface area contributed by atoms with E-state index in [1.165, 1.54) is 27.4 Å². The number of fused-ring (bicyclic) bond motifs is 6. The molecule has 7 aromatic rings. The van der Waals surface area contributed by atoms with Crippen molar-refractivity contribution in [1.29, 1.82) is 0 Å². The van der Waals surface area contributed by atoms with Crippen LogP contribution in [0.3, 0.4) is 0 Å². The van der Waals surface area contributed by atoms with Crippen molar-refractivity contribution in [3.8, 4) is 11.4 Å². The molecular weight excluding hydrogens is 438 g/mol. The Bertz CT molecular complexity index is 1900. The Hall–Kier alpha value is -4.37. The van der Waals surface area contributed by atoms with Crippen LogP contribution in [0.1, 0.15) is 26.3 Å². The molecule has 36 heavy (non-hydrogen) atoms. The van der Waals surface area contributed by atoms with Gasteiger partial charge >= 0.3 is 0 Å². The Morgan fingerprint density at radius 1 is 0.500 bits per heavy atom. The predicted molar refractivity (Wildman–Crippen MR) is 152 cm³/mol. The number of nitrogens with zero attached hydrogens (tertiary/aromatic N) is 3. The van der Waals surface area contributed by atoms with Gasteiger partial charge < -0.3 is 9.13 Å². The molecule has 4 aromatic carbocycles. The highest BCUT2D eigenvalue weighted by atomic mass is 15.0. The van der Waals surface area contributed by atoms with E-state index in [2.05, 4.69) is 139 Å². The number of para-hydroxylation sites is 3. The number of aromatic nitrogens is 3. The van der Waals surface area contributed by atoms with E-state index in [9.17, 15) is 0 Å². The zero-order valence-electron chi connectivity index (χ0n) is 20.7. The summed E-state index contributed by atoms with van der Waals surface area (Å²) in [5.41, 5.74) is 10.4. The Kier molecular flexibility index (Phi) is 4.40. The SMILES string of the molecule is CC(C)(C)c1ccc(-n2c3ccccc3c3nc4c5ccccc5n(-c5ccccc5)c4cc32)cc1. The van der Waals surface area contributed by atoms with Crippen molar-refractivity contribution in [3.05, 3.63) is 115 Å². The fourth-order valence-electron chi connectivity index (χ4n) is 5.47. The molecule has 0 amide bonds. The van der Waals surface area contributed by atoms with Gasteiger partial charge in [0.2, 0.25) is 0 Å². The molecule has 3 heteroatoms. The summed E-state index contributed by atoms with van der Waals surface area (Å²) in [6.45, 7) is 6.77. The van der Waals surface area contributed by atoms with Crippen LogP contribution in [0, 0.1) is 0 Å². The molecule has 0 unspecified atom stereocenters.